The first kappa shape index (κ1) is 11.2. The van der Waals surface area contributed by atoms with Crippen molar-refractivity contribution in [2.75, 3.05) is 0 Å². The van der Waals surface area contributed by atoms with Crippen LogP contribution in [0.1, 0.15) is 44.1 Å². The van der Waals surface area contributed by atoms with Gasteiger partial charge in [-0.3, -0.25) is 0 Å². The van der Waals surface area contributed by atoms with E-state index in [4.69, 9.17) is 11.6 Å². The Morgan fingerprint density at radius 1 is 1.00 bits per heavy atom. The van der Waals surface area contributed by atoms with Crippen LogP contribution in [-0.4, -0.2) is 5.11 Å². The van der Waals surface area contributed by atoms with Crippen molar-refractivity contribution >= 4 is 11.6 Å². The molecule has 0 radical (unpaired) electrons. The quantitative estimate of drug-likeness (QED) is 0.789. The molecule has 1 aromatic carbocycles. The highest BCUT2D eigenvalue weighted by Gasteiger charge is 2.51. The highest BCUT2D eigenvalue weighted by molar-refractivity contribution is 6.32. The minimum Gasteiger partial charge on any atom is -0.506 e. The first-order chi connectivity index (χ1) is 8.64. The zero-order valence-electron chi connectivity index (χ0n) is 10.5. The van der Waals surface area contributed by atoms with Crippen molar-refractivity contribution in [3.05, 3.63) is 28.8 Å². The Morgan fingerprint density at radius 3 is 2.06 bits per heavy atom. The molecule has 4 bridgehead atoms. The lowest BCUT2D eigenvalue weighted by molar-refractivity contribution is -0.00519. The maximum absolute atomic E-state index is 9.59. The predicted molar refractivity (Wildman–Crippen MR) is 73.0 cm³/mol. The minimum atomic E-state index is 0.213. The monoisotopic (exact) mass is 262 g/mol. The summed E-state index contributed by atoms with van der Waals surface area (Å²) in [5.41, 5.74) is 1.76. The summed E-state index contributed by atoms with van der Waals surface area (Å²) in [7, 11) is 0. The molecule has 96 valence electrons. The molecule has 1 aromatic rings. The Hall–Kier alpha value is -0.690. The third-order valence-corrected chi connectivity index (χ3v) is 5.90. The topological polar surface area (TPSA) is 20.2 Å². The van der Waals surface area contributed by atoms with Crippen LogP contribution in [0.3, 0.4) is 0 Å². The zero-order chi connectivity index (χ0) is 12.3. The predicted octanol–water partition coefficient (Wildman–Crippen LogP) is 4.51. The van der Waals surface area contributed by atoms with E-state index in [1.54, 1.807) is 6.07 Å². The summed E-state index contributed by atoms with van der Waals surface area (Å²) in [6.45, 7) is 0. The van der Waals surface area contributed by atoms with Crippen molar-refractivity contribution in [1.29, 1.82) is 0 Å². The lowest BCUT2D eigenvalue weighted by Gasteiger charge is -2.57. The van der Waals surface area contributed by atoms with Crippen molar-refractivity contribution in [2.45, 2.75) is 43.9 Å². The standard InChI is InChI=1S/C16H19ClO/c17-14-6-13(1-2-15(14)18)16-7-10-3-11(8-16)5-12(4-10)9-16/h1-2,6,10-12,18H,3-5,7-9H2. The first-order valence-electron chi connectivity index (χ1n) is 7.14. The van der Waals surface area contributed by atoms with Crippen LogP contribution in [-0.2, 0) is 5.41 Å². The Labute approximate surface area is 113 Å². The summed E-state index contributed by atoms with van der Waals surface area (Å²) in [5.74, 6) is 3.06. The van der Waals surface area contributed by atoms with Crippen LogP contribution in [0.5, 0.6) is 5.75 Å². The van der Waals surface area contributed by atoms with Crippen LogP contribution < -0.4 is 0 Å². The highest BCUT2D eigenvalue weighted by Crippen LogP contribution is 2.60. The third-order valence-electron chi connectivity index (χ3n) is 5.60. The Balaban J connectivity index is 1.76. The Morgan fingerprint density at radius 2 is 1.56 bits per heavy atom. The number of hydrogen-bond donors (Lipinski definition) is 1. The van der Waals surface area contributed by atoms with Crippen LogP contribution in [0.15, 0.2) is 18.2 Å². The van der Waals surface area contributed by atoms with Gasteiger partial charge in [0.1, 0.15) is 5.75 Å². The third kappa shape index (κ3) is 1.53. The second-order valence-corrected chi connectivity index (χ2v) is 7.27. The fourth-order valence-electron chi connectivity index (χ4n) is 5.30. The van der Waals surface area contributed by atoms with E-state index in [2.05, 4.69) is 6.07 Å². The fourth-order valence-corrected chi connectivity index (χ4v) is 5.48. The number of benzene rings is 1. The maximum Gasteiger partial charge on any atom is 0.134 e. The zero-order valence-corrected chi connectivity index (χ0v) is 11.3. The van der Waals surface area contributed by atoms with Crippen molar-refractivity contribution in [1.82, 2.24) is 0 Å². The molecule has 0 atom stereocenters. The van der Waals surface area contributed by atoms with E-state index in [9.17, 15) is 5.11 Å². The van der Waals surface area contributed by atoms with Crippen LogP contribution in [0, 0.1) is 17.8 Å². The molecule has 4 saturated carbocycles. The van der Waals surface area contributed by atoms with Gasteiger partial charge in [-0.1, -0.05) is 17.7 Å². The molecule has 0 spiro atoms. The van der Waals surface area contributed by atoms with Crippen molar-refractivity contribution in [2.24, 2.45) is 17.8 Å². The summed E-state index contributed by atoms with van der Waals surface area (Å²) in [6.07, 6.45) is 8.43. The van der Waals surface area contributed by atoms with Crippen LogP contribution >= 0.6 is 11.6 Å². The van der Waals surface area contributed by atoms with Gasteiger partial charge in [-0.15, -0.1) is 0 Å². The van der Waals surface area contributed by atoms with Gasteiger partial charge in [0.2, 0.25) is 0 Å². The van der Waals surface area contributed by atoms with Crippen LogP contribution in [0.4, 0.5) is 0 Å². The summed E-state index contributed by atoms with van der Waals surface area (Å²) >= 11 is 6.10. The van der Waals surface area contributed by atoms with E-state index in [0.717, 1.165) is 17.8 Å². The summed E-state index contributed by atoms with van der Waals surface area (Å²) in [5, 5.41) is 10.1. The van der Waals surface area contributed by atoms with Crippen molar-refractivity contribution < 1.29 is 5.11 Å². The largest absolute Gasteiger partial charge is 0.506 e. The van der Waals surface area contributed by atoms with Gasteiger partial charge in [-0.05, 0) is 79.4 Å². The molecule has 0 aliphatic heterocycles. The molecule has 4 fully saturated rings. The van der Waals surface area contributed by atoms with Gasteiger partial charge in [-0.25, -0.2) is 0 Å². The second-order valence-electron chi connectivity index (χ2n) is 6.86. The number of phenolic OH excluding ortho intramolecular Hbond substituents is 1. The smallest absolute Gasteiger partial charge is 0.134 e. The molecule has 2 heteroatoms. The molecule has 0 unspecified atom stereocenters. The summed E-state index contributed by atoms with van der Waals surface area (Å²) in [4.78, 5) is 0. The van der Waals surface area contributed by atoms with Gasteiger partial charge in [0.15, 0.2) is 0 Å². The number of rotatable bonds is 1. The first-order valence-corrected chi connectivity index (χ1v) is 7.51. The van der Waals surface area contributed by atoms with Crippen LogP contribution in [0.25, 0.3) is 0 Å². The molecular formula is C16H19ClO. The molecule has 0 heterocycles. The van der Waals surface area contributed by atoms with E-state index in [1.807, 2.05) is 6.07 Å². The minimum absolute atomic E-state index is 0.213. The number of phenols is 1. The van der Waals surface area contributed by atoms with Gasteiger partial charge in [0.25, 0.3) is 0 Å². The molecule has 1 nitrogen and oxygen atoms in total. The molecule has 18 heavy (non-hydrogen) atoms. The molecule has 4 aliphatic rings. The van der Waals surface area contributed by atoms with Gasteiger partial charge in [-0.2, -0.15) is 0 Å². The second kappa shape index (κ2) is 3.66. The highest BCUT2D eigenvalue weighted by atomic mass is 35.5. The molecule has 0 amide bonds. The average molecular weight is 263 g/mol. The van der Waals surface area contributed by atoms with Gasteiger partial charge < -0.3 is 5.11 Å². The van der Waals surface area contributed by atoms with E-state index >= 15 is 0 Å². The maximum atomic E-state index is 9.59. The van der Waals surface area contributed by atoms with Gasteiger partial charge in [0, 0.05) is 0 Å². The normalized spacial score (nSPS) is 41.3. The van der Waals surface area contributed by atoms with E-state index < -0.39 is 0 Å². The lowest BCUT2D eigenvalue weighted by Crippen LogP contribution is -2.48. The Bertz CT molecular complexity index is 459. The van der Waals surface area contributed by atoms with E-state index in [-0.39, 0.29) is 5.75 Å². The van der Waals surface area contributed by atoms with Crippen molar-refractivity contribution in [3.63, 3.8) is 0 Å². The van der Waals surface area contributed by atoms with Gasteiger partial charge >= 0.3 is 0 Å². The molecular weight excluding hydrogens is 244 g/mol. The fraction of sp³-hybridized carbons (Fsp3) is 0.625. The SMILES string of the molecule is Oc1ccc(C23CC4CC(CC(C4)C2)C3)cc1Cl. The van der Waals surface area contributed by atoms with Crippen LogP contribution in [0.2, 0.25) is 5.02 Å². The van der Waals surface area contributed by atoms with Crippen molar-refractivity contribution in [3.8, 4) is 5.75 Å². The average Bonchev–Trinajstić information content (AvgIpc) is 2.31. The summed E-state index contributed by atoms with van der Waals surface area (Å²) < 4.78 is 0. The number of halogens is 1. The molecule has 1 N–H and O–H groups in total. The number of hydrogen-bond acceptors (Lipinski definition) is 1. The number of aromatic hydroxyl groups is 1. The summed E-state index contributed by atoms with van der Waals surface area (Å²) in [6, 6.07) is 5.90. The lowest BCUT2D eigenvalue weighted by atomic mass is 9.48. The Kier molecular flexibility index (Phi) is 2.27. The van der Waals surface area contributed by atoms with Gasteiger partial charge in [0.05, 0.1) is 5.02 Å². The molecule has 4 aliphatic carbocycles. The molecule has 0 aromatic heterocycles. The molecule has 0 saturated heterocycles. The van der Waals surface area contributed by atoms with E-state index in [0.29, 0.717) is 10.4 Å². The van der Waals surface area contributed by atoms with E-state index in [1.165, 1.54) is 44.1 Å². The molecule has 5 rings (SSSR count).